The molecule has 25 heavy (non-hydrogen) atoms. The number of aromatic amines is 2. The van der Waals surface area contributed by atoms with E-state index < -0.39 is 4.92 Å². The van der Waals surface area contributed by atoms with Crippen LogP contribution in [0.2, 0.25) is 0 Å². The Kier molecular flexibility index (Phi) is 3.63. The molecule has 122 valence electrons. The molecule has 6 nitrogen and oxygen atoms in total. The molecular formula is C19H14N4O2. The molecule has 3 heterocycles. The van der Waals surface area contributed by atoms with Gasteiger partial charge in [-0.1, -0.05) is 30.3 Å². The van der Waals surface area contributed by atoms with Crippen molar-refractivity contribution in [2.45, 2.75) is 0 Å². The molecule has 2 N–H and O–H groups in total. The zero-order valence-electron chi connectivity index (χ0n) is 13.1. The van der Waals surface area contributed by atoms with Crippen LogP contribution in [0.1, 0.15) is 11.3 Å². The van der Waals surface area contributed by atoms with Gasteiger partial charge in [0, 0.05) is 23.5 Å². The van der Waals surface area contributed by atoms with Gasteiger partial charge in [0.1, 0.15) is 5.69 Å². The van der Waals surface area contributed by atoms with E-state index in [1.54, 1.807) is 12.3 Å². The van der Waals surface area contributed by atoms with Gasteiger partial charge in [-0.05, 0) is 40.8 Å². The van der Waals surface area contributed by atoms with Crippen molar-refractivity contribution in [2.75, 3.05) is 0 Å². The summed E-state index contributed by atoms with van der Waals surface area (Å²) in [5.74, 6) is -0.0314. The average molecular weight is 330 g/mol. The highest BCUT2D eigenvalue weighted by Crippen LogP contribution is 2.31. The quantitative estimate of drug-likeness (QED) is 0.551. The third-order valence-corrected chi connectivity index (χ3v) is 3.99. The Morgan fingerprint density at radius 3 is 2.40 bits per heavy atom. The molecule has 0 saturated carbocycles. The second-order valence-electron chi connectivity index (χ2n) is 5.56. The van der Waals surface area contributed by atoms with Crippen molar-refractivity contribution < 1.29 is 4.92 Å². The number of hydrogen-bond donors (Lipinski definition) is 2. The zero-order valence-corrected chi connectivity index (χ0v) is 13.1. The van der Waals surface area contributed by atoms with Gasteiger partial charge in [-0.15, -0.1) is 0 Å². The van der Waals surface area contributed by atoms with E-state index in [4.69, 9.17) is 0 Å². The maximum atomic E-state index is 10.9. The number of nitro groups is 1. The number of allylic oxidation sites excluding steroid dienone is 2. The van der Waals surface area contributed by atoms with Crippen LogP contribution in [-0.2, 0) is 0 Å². The first-order valence-corrected chi connectivity index (χ1v) is 7.76. The largest absolute Gasteiger partial charge is 0.358 e. The lowest BCUT2D eigenvalue weighted by molar-refractivity contribution is -0.389. The van der Waals surface area contributed by atoms with E-state index in [0.29, 0.717) is 5.69 Å². The van der Waals surface area contributed by atoms with Crippen LogP contribution in [0.5, 0.6) is 0 Å². The first kappa shape index (κ1) is 14.9. The molecule has 0 saturated heterocycles. The van der Waals surface area contributed by atoms with Crippen molar-refractivity contribution in [3.8, 4) is 11.4 Å². The first-order valence-electron chi connectivity index (χ1n) is 7.76. The van der Waals surface area contributed by atoms with Gasteiger partial charge in [0.15, 0.2) is 0 Å². The number of benzene rings is 1. The molecule has 0 fully saturated rings. The smallest absolute Gasteiger partial charge is 0.321 e. The van der Waals surface area contributed by atoms with Crippen LogP contribution in [-0.4, -0.2) is 21.1 Å². The second-order valence-corrected chi connectivity index (χ2v) is 5.56. The van der Waals surface area contributed by atoms with Crippen molar-refractivity contribution in [2.24, 2.45) is 4.99 Å². The fourth-order valence-electron chi connectivity index (χ4n) is 2.84. The number of rotatable bonds is 4. The normalized spacial score (nSPS) is 14.9. The first-order chi connectivity index (χ1) is 12.2. The Morgan fingerprint density at radius 2 is 1.72 bits per heavy atom. The van der Waals surface area contributed by atoms with Gasteiger partial charge in [-0.2, -0.15) is 0 Å². The van der Waals surface area contributed by atoms with Crippen LogP contribution in [0.4, 0.5) is 5.82 Å². The van der Waals surface area contributed by atoms with Gasteiger partial charge >= 0.3 is 5.82 Å². The molecule has 0 bridgehead atoms. The maximum absolute atomic E-state index is 10.9. The van der Waals surface area contributed by atoms with Gasteiger partial charge in [0.2, 0.25) is 0 Å². The molecule has 0 atom stereocenters. The SMILES string of the molecule is O=[N+]([O-])c1ccc(-c2ccc(/C(=C3/C=CC=N3)c3ccccc3)[nH]2)[nH]1. The number of H-pyrrole nitrogens is 2. The number of hydrogen-bond acceptors (Lipinski definition) is 3. The molecule has 6 heteroatoms. The summed E-state index contributed by atoms with van der Waals surface area (Å²) in [5.41, 5.74) is 5.25. The van der Waals surface area contributed by atoms with Crippen molar-refractivity contribution in [3.05, 3.63) is 93.8 Å². The van der Waals surface area contributed by atoms with Gasteiger partial charge < -0.3 is 15.1 Å². The number of nitrogens with one attached hydrogen (secondary N) is 2. The van der Waals surface area contributed by atoms with Crippen molar-refractivity contribution in [1.29, 1.82) is 0 Å². The highest BCUT2D eigenvalue weighted by atomic mass is 16.6. The van der Waals surface area contributed by atoms with Gasteiger partial charge in [-0.25, -0.2) is 4.98 Å². The van der Waals surface area contributed by atoms with E-state index in [1.807, 2.05) is 54.6 Å². The lowest BCUT2D eigenvalue weighted by Crippen LogP contribution is -1.92. The Balaban J connectivity index is 1.78. The predicted octanol–water partition coefficient (Wildman–Crippen LogP) is 4.32. The Hall–Kier alpha value is -3.67. The van der Waals surface area contributed by atoms with Gasteiger partial charge in [-0.3, -0.25) is 4.99 Å². The molecule has 3 aromatic rings. The Morgan fingerprint density at radius 1 is 0.960 bits per heavy atom. The zero-order chi connectivity index (χ0) is 17.2. The molecule has 0 amide bonds. The minimum absolute atomic E-state index is 0.0314. The van der Waals surface area contributed by atoms with Crippen LogP contribution >= 0.6 is 0 Å². The van der Waals surface area contributed by atoms with E-state index in [2.05, 4.69) is 15.0 Å². The lowest BCUT2D eigenvalue weighted by atomic mass is 10.0. The topological polar surface area (TPSA) is 87.1 Å². The molecule has 1 aliphatic heterocycles. The van der Waals surface area contributed by atoms with E-state index in [9.17, 15) is 10.1 Å². The predicted molar refractivity (Wildman–Crippen MR) is 97.3 cm³/mol. The second kappa shape index (κ2) is 6.09. The van der Waals surface area contributed by atoms with Crippen LogP contribution in [0.15, 0.2) is 77.4 Å². The van der Waals surface area contributed by atoms with Crippen LogP contribution in [0.25, 0.3) is 17.0 Å². The summed E-state index contributed by atoms with van der Waals surface area (Å²) in [5, 5.41) is 10.9. The fraction of sp³-hybridized carbons (Fsp3) is 0. The molecule has 4 rings (SSSR count). The summed E-state index contributed by atoms with van der Waals surface area (Å²) in [6.45, 7) is 0. The summed E-state index contributed by atoms with van der Waals surface area (Å²) in [6.07, 6.45) is 5.62. The molecule has 1 aliphatic rings. The summed E-state index contributed by atoms with van der Waals surface area (Å²) in [6, 6.07) is 17.0. The molecule has 2 aromatic heterocycles. The molecule has 0 aliphatic carbocycles. The van der Waals surface area contributed by atoms with Crippen molar-refractivity contribution in [3.63, 3.8) is 0 Å². The molecule has 0 unspecified atom stereocenters. The van der Waals surface area contributed by atoms with E-state index in [1.165, 1.54) is 6.07 Å². The van der Waals surface area contributed by atoms with E-state index in [0.717, 1.165) is 28.2 Å². The van der Waals surface area contributed by atoms with E-state index >= 15 is 0 Å². The highest BCUT2D eigenvalue weighted by Gasteiger charge is 2.16. The third kappa shape index (κ3) is 2.81. The summed E-state index contributed by atoms with van der Waals surface area (Å²) in [7, 11) is 0. The molecule has 1 aromatic carbocycles. The van der Waals surface area contributed by atoms with Crippen LogP contribution in [0, 0.1) is 10.1 Å². The standard InChI is InChI=1S/C19H14N4O2/c24-23(25)18-11-10-15(22-18)14-8-9-17(21-14)19(16-7-4-12-20-16)13-5-2-1-3-6-13/h1-12,21-22H/b19-16-. The molecule has 0 spiro atoms. The Bertz CT molecular complexity index is 1010. The maximum Gasteiger partial charge on any atom is 0.321 e. The number of aromatic nitrogens is 2. The highest BCUT2D eigenvalue weighted by molar-refractivity contribution is 5.88. The Labute approximate surface area is 143 Å². The fourth-order valence-corrected chi connectivity index (χ4v) is 2.84. The summed E-state index contributed by atoms with van der Waals surface area (Å²) >= 11 is 0. The van der Waals surface area contributed by atoms with Gasteiger partial charge in [0.25, 0.3) is 0 Å². The minimum atomic E-state index is -0.442. The summed E-state index contributed by atoms with van der Waals surface area (Å²) < 4.78 is 0. The molecular weight excluding hydrogens is 316 g/mol. The monoisotopic (exact) mass is 330 g/mol. The number of nitrogens with zero attached hydrogens (tertiary/aromatic N) is 2. The van der Waals surface area contributed by atoms with Crippen LogP contribution in [0.3, 0.4) is 0 Å². The number of aliphatic imine (C=N–C) groups is 1. The average Bonchev–Trinajstić information content (AvgIpc) is 3.38. The molecule has 0 radical (unpaired) electrons. The lowest BCUT2D eigenvalue weighted by Gasteiger charge is -2.08. The van der Waals surface area contributed by atoms with Crippen molar-refractivity contribution in [1.82, 2.24) is 9.97 Å². The summed E-state index contributed by atoms with van der Waals surface area (Å²) in [4.78, 5) is 21.0. The van der Waals surface area contributed by atoms with Crippen LogP contribution < -0.4 is 0 Å². The van der Waals surface area contributed by atoms with Gasteiger partial charge in [0.05, 0.1) is 11.4 Å². The third-order valence-electron chi connectivity index (χ3n) is 3.99. The van der Waals surface area contributed by atoms with Crippen molar-refractivity contribution >= 4 is 17.6 Å². The van der Waals surface area contributed by atoms with E-state index in [-0.39, 0.29) is 5.82 Å². The minimum Gasteiger partial charge on any atom is -0.358 e.